The number of amides is 1. The number of anilines is 1. The molecular weight excluding hydrogens is 466 g/mol. The van der Waals surface area contributed by atoms with E-state index in [1.54, 1.807) is 36.4 Å². The van der Waals surface area contributed by atoms with Crippen LogP contribution < -0.4 is 20.1 Å². The smallest absolute Gasteiger partial charge is 0.256 e. The van der Waals surface area contributed by atoms with Gasteiger partial charge in [-0.2, -0.15) is 0 Å². The molecule has 1 amide bonds. The molecule has 4 rings (SSSR count). The minimum absolute atomic E-state index is 0.0489. The van der Waals surface area contributed by atoms with Crippen molar-refractivity contribution in [2.75, 3.05) is 19.0 Å². The molecule has 2 aromatic rings. The van der Waals surface area contributed by atoms with Crippen LogP contribution in [0.15, 0.2) is 40.9 Å². The Balaban J connectivity index is 1.85. The Morgan fingerprint density at radius 3 is 2.77 bits per heavy atom. The van der Waals surface area contributed by atoms with Crippen LogP contribution in [0.2, 0.25) is 0 Å². The Labute approximate surface area is 187 Å². The van der Waals surface area contributed by atoms with Crippen molar-refractivity contribution >= 4 is 27.5 Å². The van der Waals surface area contributed by atoms with Gasteiger partial charge in [-0.05, 0) is 46.6 Å². The number of para-hydroxylation sites is 1. The summed E-state index contributed by atoms with van der Waals surface area (Å²) in [7, 11) is 1.48. The van der Waals surface area contributed by atoms with Crippen LogP contribution in [0.4, 0.5) is 5.69 Å². The van der Waals surface area contributed by atoms with Gasteiger partial charge in [-0.1, -0.05) is 24.1 Å². The van der Waals surface area contributed by atoms with Crippen molar-refractivity contribution < 1.29 is 19.2 Å². The highest BCUT2D eigenvalue weighted by atomic mass is 79.9. The van der Waals surface area contributed by atoms with Gasteiger partial charge in [0.15, 0.2) is 17.0 Å². The predicted octanol–water partition coefficient (Wildman–Crippen LogP) is 3.04. The highest BCUT2D eigenvalue weighted by molar-refractivity contribution is 9.10. The zero-order chi connectivity index (χ0) is 22.3. The van der Waals surface area contributed by atoms with E-state index < -0.39 is 23.4 Å². The van der Waals surface area contributed by atoms with Gasteiger partial charge in [-0.15, -0.1) is 6.42 Å². The number of ether oxygens (including phenoxy) is 2. The molecule has 8 nitrogen and oxygen atoms in total. The second kappa shape index (κ2) is 7.87. The number of halogens is 1. The quantitative estimate of drug-likeness (QED) is 0.383. The maximum atomic E-state index is 13.1. The molecule has 31 heavy (non-hydrogen) atoms. The second-order valence-electron chi connectivity index (χ2n) is 7.52. The van der Waals surface area contributed by atoms with Crippen LogP contribution in [-0.4, -0.2) is 36.6 Å². The first-order valence-electron chi connectivity index (χ1n) is 9.61. The molecule has 1 fully saturated rings. The van der Waals surface area contributed by atoms with E-state index in [0.29, 0.717) is 32.8 Å². The Bertz CT molecular complexity index is 1110. The van der Waals surface area contributed by atoms with Gasteiger partial charge in [0.05, 0.1) is 17.5 Å². The number of carbonyl (C=O) groups excluding carboxylic acids is 1. The van der Waals surface area contributed by atoms with Gasteiger partial charge in [0, 0.05) is 22.2 Å². The van der Waals surface area contributed by atoms with Crippen molar-refractivity contribution in [1.82, 2.24) is 5.32 Å². The Hall–Kier alpha value is -3.09. The van der Waals surface area contributed by atoms with Crippen LogP contribution in [0.3, 0.4) is 0 Å². The van der Waals surface area contributed by atoms with E-state index in [2.05, 4.69) is 32.5 Å². The van der Waals surface area contributed by atoms with Crippen LogP contribution in [0, 0.1) is 22.5 Å². The number of nitrogens with one attached hydrogen (secondary N) is 2. The third kappa shape index (κ3) is 3.14. The molecule has 2 aliphatic rings. The molecule has 2 aliphatic heterocycles. The normalized spacial score (nSPS) is 26.3. The Morgan fingerprint density at radius 1 is 1.35 bits per heavy atom. The van der Waals surface area contributed by atoms with E-state index in [0.717, 1.165) is 0 Å². The van der Waals surface area contributed by atoms with Gasteiger partial charge in [0.25, 0.3) is 11.9 Å². The predicted molar refractivity (Wildman–Crippen MR) is 118 cm³/mol. The molecule has 4 atom stereocenters. The number of nitrogens with zero attached hydrogens (tertiary/aromatic N) is 1. The lowest BCUT2D eigenvalue weighted by Gasteiger charge is -2.25. The molecular formula is C22H20BrN3O5. The number of methoxy groups -OCH3 is 1. The molecule has 1 saturated heterocycles. The van der Waals surface area contributed by atoms with Crippen molar-refractivity contribution in [3.63, 3.8) is 0 Å². The summed E-state index contributed by atoms with van der Waals surface area (Å²) in [6.07, 6.45) is 5.28. The van der Waals surface area contributed by atoms with Gasteiger partial charge >= 0.3 is 0 Å². The van der Waals surface area contributed by atoms with Gasteiger partial charge < -0.3 is 14.8 Å². The summed E-state index contributed by atoms with van der Waals surface area (Å²) in [6, 6.07) is 8.90. The average Bonchev–Trinajstić information content (AvgIpc) is 3.21. The fourth-order valence-electron chi connectivity index (χ4n) is 4.74. The maximum Gasteiger partial charge on any atom is 0.256 e. The van der Waals surface area contributed by atoms with Crippen molar-refractivity contribution in [3.8, 4) is 23.8 Å². The lowest BCUT2D eigenvalue weighted by molar-refractivity contribution is -0.532. The molecule has 2 N–H and O–H groups in total. The summed E-state index contributed by atoms with van der Waals surface area (Å²) < 4.78 is 11.6. The van der Waals surface area contributed by atoms with Crippen molar-refractivity contribution in [2.24, 2.45) is 0 Å². The molecule has 0 unspecified atom stereocenters. The van der Waals surface area contributed by atoms with Crippen LogP contribution in [0.1, 0.15) is 24.0 Å². The van der Waals surface area contributed by atoms with Crippen LogP contribution in [0.5, 0.6) is 11.5 Å². The number of fused-ring (bicyclic) bond motifs is 2. The topological polar surface area (TPSA) is 103 Å². The molecule has 0 saturated carbocycles. The van der Waals surface area contributed by atoms with Gasteiger partial charge in [0.2, 0.25) is 0 Å². The average molecular weight is 486 g/mol. The first-order chi connectivity index (χ1) is 14.8. The number of terminal acetylenes is 1. The lowest BCUT2D eigenvalue weighted by atomic mass is 9.78. The maximum absolute atomic E-state index is 13.1. The molecule has 2 aromatic carbocycles. The Morgan fingerprint density at radius 2 is 2.10 bits per heavy atom. The summed E-state index contributed by atoms with van der Waals surface area (Å²) in [5.41, 5.74) is 0.336. The molecule has 0 radical (unpaired) electrons. The van der Waals surface area contributed by atoms with Crippen LogP contribution >= 0.6 is 15.9 Å². The molecule has 160 valence electrons. The molecule has 0 aliphatic carbocycles. The van der Waals surface area contributed by atoms with E-state index in [4.69, 9.17) is 15.9 Å². The molecule has 1 spiro atoms. The van der Waals surface area contributed by atoms with Crippen molar-refractivity contribution in [1.29, 1.82) is 0 Å². The number of rotatable bonds is 5. The third-order valence-corrected chi connectivity index (χ3v) is 6.49. The van der Waals surface area contributed by atoms with Gasteiger partial charge in [0.1, 0.15) is 6.61 Å². The Kier molecular flexibility index (Phi) is 5.37. The minimum atomic E-state index is -1.47. The summed E-state index contributed by atoms with van der Waals surface area (Å²) >= 11 is 3.46. The standard InChI is InChI=1S/C22H20BrN3O5/c1-4-9-31-19-15(23)10-13(11-17(19)30-3)18-12(2)25-22(20(18)26(28)29)14-7-5-6-8-16(14)24-21(22)27/h1,5-8,10-12,18,20,25H,9H2,2-3H3,(H,24,27)/t12-,18-,20-,22+/m0/s1. The summed E-state index contributed by atoms with van der Waals surface area (Å²) in [5, 5.41) is 18.4. The molecule has 2 heterocycles. The van der Waals surface area contributed by atoms with E-state index in [1.807, 2.05) is 6.92 Å². The van der Waals surface area contributed by atoms with Gasteiger partial charge in [-0.3, -0.25) is 20.2 Å². The van der Waals surface area contributed by atoms with Crippen LogP contribution in [-0.2, 0) is 10.3 Å². The number of benzene rings is 2. The second-order valence-corrected chi connectivity index (χ2v) is 8.38. The summed E-state index contributed by atoms with van der Waals surface area (Å²) in [4.78, 5) is 25.1. The van der Waals surface area contributed by atoms with Crippen LogP contribution in [0.25, 0.3) is 0 Å². The first-order valence-corrected chi connectivity index (χ1v) is 10.4. The summed E-state index contributed by atoms with van der Waals surface area (Å²) in [5.74, 6) is 2.17. The fourth-order valence-corrected chi connectivity index (χ4v) is 5.31. The lowest BCUT2D eigenvalue weighted by Crippen LogP contribution is -2.54. The number of hydrogen-bond acceptors (Lipinski definition) is 6. The first kappa shape index (κ1) is 21.2. The zero-order valence-electron chi connectivity index (χ0n) is 16.8. The van der Waals surface area contributed by atoms with E-state index in [1.165, 1.54) is 7.11 Å². The van der Waals surface area contributed by atoms with Gasteiger partial charge in [-0.25, -0.2) is 0 Å². The number of hydrogen-bond donors (Lipinski definition) is 2. The molecule has 9 heteroatoms. The summed E-state index contributed by atoms with van der Waals surface area (Å²) in [6.45, 7) is 1.89. The van der Waals surface area contributed by atoms with E-state index in [-0.39, 0.29) is 17.6 Å². The number of nitro groups is 1. The SMILES string of the molecule is C#CCOc1c(Br)cc([C@@H]2[C@H](C)N[C@@]3(C(=O)Nc4ccccc43)[C@H]2[N+](=O)[O-])cc1OC. The fraction of sp³-hybridized carbons (Fsp3) is 0.318. The van der Waals surface area contributed by atoms with E-state index in [9.17, 15) is 14.9 Å². The minimum Gasteiger partial charge on any atom is -0.493 e. The monoisotopic (exact) mass is 485 g/mol. The molecule has 0 bridgehead atoms. The van der Waals surface area contributed by atoms with E-state index >= 15 is 0 Å². The zero-order valence-corrected chi connectivity index (χ0v) is 18.4. The molecule has 0 aromatic heterocycles. The highest BCUT2D eigenvalue weighted by Gasteiger charge is 2.67. The van der Waals surface area contributed by atoms with Crippen molar-refractivity contribution in [2.45, 2.75) is 30.5 Å². The highest BCUT2D eigenvalue weighted by Crippen LogP contribution is 2.51. The van der Waals surface area contributed by atoms with Crippen molar-refractivity contribution in [3.05, 3.63) is 62.1 Å². The largest absolute Gasteiger partial charge is 0.493 e. The third-order valence-electron chi connectivity index (χ3n) is 5.90. The number of carbonyl (C=O) groups is 1.